The Hall–Kier alpha value is -14.4. The second-order valence-electron chi connectivity index (χ2n) is 35.2. The van der Waals surface area contributed by atoms with E-state index in [1.807, 2.05) is 146 Å². The van der Waals surface area contributed by atoms with Crippen molar-refractivity contribution in [2.75, 3.05) is 86.1 Å². The number of aryl methyl sites for hydroxylation is 1. The van der Waals surface area contributed by atoms with Crippen molar-refractivity contribution < 1.29 is 108 Å². The predicted octanol–water partition coefficient (Wildman–Crippen LogP) is 19.8. The highest BCUT2D eigenvalue weighted by atomic mass is 79.9. The molecule has 8 unspecified atom stereocenters. The van der Waals surface area contributed by atoms with Gasteiger partial charge in [0.25, 0.3) is 5.69 Å². The lowest BCUT2D eigenvalue weighted by atomic mass is 9.92. The van der Waals surface area contributed by atoms with Gasteiger partial charge in [0.1, 0.15) is 127 Å². The number of H-pyrrole nitrogens is 4. The Bertz CT molecular complexity index is 7120. The van der Waals surface area contributed by atoms with Gasteiger partial charge in [0.2, 0.25) is 0 Å². The lowest BCUT2D eigenvalue weighted by molar-refractivity contribution is -0.384. The molecule has 0 radical (unpaired) electrons. The van der Waals surface area contributed by atoms with Crippen LogP contribution in [0.5, 0.6) is 51.7 Å². The van der Waals surface area contributed by atoms with Crippen molar-refractivity contribution in [1.82, 2.24) is 39.5 Å². The number of nitro benzene ring substituents is 1. The van der Waals surface area contributed by atoms with Crippen molar-refractivity contribution in [1.29, 1.82) is 0 Å². The van der Waals surface area contributed by atoms with Crippen LogP contribution in [0.4, 0.5) is 24.9 Å². The second-order valence-corrected chi connectivity index (χ2v) is 37.9. The molecule has 0 saturated carbocycles. The van der Waals surface area contributed by atoms with E-state index < -0.39 is 84.5 Å². The molecule has 8 heterocycles. The number of non-ortho nitro benzene ring substituents is 1. The number of aliphatic hydroxyl groups excluding tert-OH is 8. The lowest BCUT2D eigenvalue weighted by Crippen LogP contribution is -2.42. The van der Waals surface area contributed by atoms with Gasteiger partial charge < -0.3 is 103 Å². The number of fused-ring (bicyclic) bond motifs is 12. The van der Waals surface area contributed by atoms with E-state index in [0.717, 1.165) is 121 Å². The molecule has 0 aliphatic carbocycles. The number of hydrogen-bond acceptors (Lipinski definition) is 23. The lowest BCUT2D eigenvalue weighted by Gasteiger charge is -2.35. The normalized spacial score (nSPS) is 15.9. The molecule has 12 N–H and O–H groups in total. The molecule has 4 aliphatic heterocycles. The number of benzene rings is 12. The monoisotopic (exact) mass is 2140 g/mol. The number of methoxy groups -OCH3 is 1. The van der Waals surface area contributed by atoms with Crippen LogP contribution in [0, 0.1) is 17.0 Å². The van der Waals surface area contributed by atoms with Crippen LogP contribution in [0.3, 0.4) is 0 Å². The number of carbonyl (C=O) groups excluding carboxylic acids is 4. The molecule has 12 aromatic carbocycles. The van der Waals surface area contributed by atoms with E-state index in [1.165, 1.54) is 24.3 Å². The molecule has 0 spiro atoms. The highest BCUT2D eigenvalue weighted by Gasteiger charge is 2.42. The fraction of sp³-hybridized carbons (Fsp3) is 0.236. The van der Waals surface area contributed by atoms with Crippen molar-refractivity contribution in [3.05, 3.63) is 374 Å². The van der Waals surface area contributed by atoms with Gasteiger partial charge in [0, 0.05) is 129 Å². The highest BCUT2D eigenvalue weighted by molar-refractivity contribution is 9.10. The zero-order chi connectivity index (χ0) is 103. The number of aliphatic hydroxyl groups is 8. The summed E-state index contributed by atoms with van der Waals surface area (Å²) in [6.45, 7) is 2.11. The Morgan fingerprint density at radius 3 is 0.810 bits per heavy atom. The van der Waals surface area contributed by atoms with E-state index in [9.17, 15) is 49.7 Å². The Morgan fingerprint density at radius 1 is 0.347 bits per heavy atom. The van der Waals surface area contributed by atoms with Gasteiger partial charge in [-0.3, -0.25) is 29.7 Å². The van der Waals surface area contributed by atoms with Gasteiger partial charge in [-0.2, -0.15) is 0 Å². The van der Waals surface area contributed by atoms with E-state index >= 15 is 0 Å². The maximum absolute atomic E-state index is 13.4. The van der Waals surface area contributed by atoms with Crippen LogP contribution in [-0.4, -0.2) is 220 Å². The van der Waals surface area contributed by atoms with Gasteiger partial charge in [-0.15, -0.1) is 0 Å². The number of aromatic nitrogens is 4. The van der Waals surface area contributed by atoms with Gasteiger partial charge in [-0.25, -0.2) is 19.2 Å². The van der Waals surface area contributed by atoms with Crippen LogP contribution in [-0.2, 0) is 25.7 Å². The van der Waals surface area contributed by atoms with Gasteiger partial charge in [0.05, 0.1) is 38.5 Å². The van der Waals surface area contributed by atoms with Gasteiger partial charge in [-0.05, 0) is 271 Å². The molecule has 147 heavy (non-hydrogen) atoms. The summed E-state index contributed by atoms with van der Waals surface area (Å²) in [6.07, 6.45) is -3.26. The fourth-order valence-corrected chi connectivity index (χ4v) is 19.2. The molecule has 20 rings (SSSR count). The fourth-order valence-electron chi connectivity index (χ4n) is 18.2. The van der Waals surface area contributed by atoms with Crippen LogP contribution >= 0.6 is 62.3 Å². The zero-order valence-electron chi connectivity index (χ0n) is 79.2. The summed E-state index contributed by atoms with van der Waals surface area (Å²) in [4.78, 5) is 84.7. The number of nitro groups is 1. The summed E-state index contributed by atoms with van der Waals surface area (Å²) in [5, 5.41) is 91.9. The summed E-state index contributed by atoms with van der Waals surface area (Å²) in [7, 11) is 1.58. The van der Waals surface area contributed by atoms with Gasteiger partial charge in [0.15, 0.2) is 0 Å². The minimum Gasteiger partial charge on any atom is -0.497 e. The van der Waals surface area contributed by atoms with E-state index in [-0.39, 0.29) is 57.7 Å². The van der Waals surface area contributed by atoms with Gasteiger partial charge in [-0.1, -0.05) is 129 Å². The molecule has 4 aliphatic rings. The number of amides is 4. The summed E-state index contributed by atoms with van der Waals surface area (Å²) in [5.41, 5.74) is 16.1. The topological polar surface area (TPSA) is 432 Å². The molecule has 37 heteroatoms. The average Bonchev–Trinajstić information content (AvgIpc) is 1.63. The van der Waals surface area contributed by atoms with E-state index in [1.54, 1.807) is 130 Å². The number of nitrogens with zero attached hydrogens (tertiary/aromatic N) is 5. The number of hydrogen-bond donors (Lipinski definition) is 12. The first-order valence-electron chi connectivity index (χ1n) is 47.1. The van der Waals surface area contributed by atoms with Crippen LogP contribution < -0.4 is 42.6 Å². The molecule has 0 fully saturated rings. The molecule has 4 amide bonds. The molecule has 32 nitrogen and oxygen atoms in total. The third-order valence-electron chi connectivity index (χ3n) is 25.5. The van der Waals surface area contributed by atoms with Crippen molar-refractivity contribution >= 4 is 136 Å². The third kappa shape index (κ3) is 24.6. The van der Waals surface area contributed by atoms with E-state index in [2.05, 4.69) is 35.9 Å². The minimum atomic E-state index is -0.988. The number of aromatic amines is 4. The average molecular weight is 2140 g/mol. The summed E-state index contributed by atoms with van der Waals surface area (Å²) < 4.78 is 51.1. The Labute approximate surface area is 870 Å². The summed E-state index contributed by atoms with van der Waals surface area (Å²) in [6, 6.07) is 76.9. The second kappa shape index (κ2) is 47.4. The summed E-state index contributed by atoms with van der Waals surface area (Å²) >= 11 is 28.5. The van der Waals surface area contributed by atoms with Crippen LogP contribution in [0.15, 0.2) is 271 Å². The van der Waals surface area contributed by atoms with E-state index in [0.29, 0.717) is 118 Å². The first kappa shape index (κ1) is 104. The molecule has 16 aromatic rings. The smallest absolute Gasteiger partial charge is 0.416 e. The zero-order valence-corrected chi connectivity index (χ0v) is 83.8. The number of halogens is 5. The SMILES string of the molecule is COc1ccc(OC(=O)N2CCc3c([nH]c4ccc(Cl)cc34)C2c2ccc(OCC(O)CO)cc2)cc1.Cc1ccc(OC(=O)N2CCc3c([nH]c4ccc(Cl)cc34)C2c2ccc(OCC(O)CO)cc2)cc1.O=C(Oc1ccc(Br)cc1)N1CCc2c([nH]c3ccc(Cl)cc23)C1c1ccc(OCC(O)CO)cc1.O=C(Oc1ccc([N+](=O)[O-])cc1)N1CCc2c([nH]c3ccc(Cl)cc23)C1c1ccc(OCC(O)CO)cc1. The number of carbonyl (C=O) groups is 4. The van der Waals surface area contributed by atoms with Crippen molar-refractivity contribution in [3.8, 4) is 51.7 Å². The maximum atomic E-state index is 13.4. The van der Waals surface area contributed by atoms with Crippen molar-refractivity contribution in [2.24, 2.45) is 0 Å². The van der Waals surface area contributed by atoms with Crippen molar-refractivity contribution in [2.45, 2.75) is 81.2 Å². The first-order valence-corrected chi connectivity index (χ1v) is 49.4. The van der Waals surface area contributed by atoms with Crippen molar-refractivity contribution in [3.63, 3.8) is 0 Å². The molecule has 760 valence electrons. The molecule has 4 aromatic heterocycles. The standard InChI is InChI=1S/C28H27ClN2O6.C28H27ClN2O5.C27H24BrClN2O5.C27H24ClN3O7/c1-35-20-7-9-22(10-8-20)37-28(34)31-13-12-23-24-14-18(29)4-11-25(24)30-26(23)27(31)17-2-5-21(6-3-17)36-16-19(33)15-32;1-17-2-7-22(8-3-17)36-28(34)31-13-12-23-24-14-19(29)6-11-25(24)30-26(23)27(31)18-4-9-21(10-5-18)35-16-20(33)15-32;28-17-3-8-21(9-4-17)36-27(34)31-12-11-22-23-13-18(29)5-10-24(23)30-25(22)26(31)16-1-6-20(7-2-16)35-15-19(33)14-32;28-17-3-10-24-23(13-17)22-11-12-30(27(34)38-21-8-4-18(5-9-21)31(35)36)26(25(22)29-24)16-1-6-20(7-2-16)37-15-19(33)14-32/h2-11,14,19,27,30,32-33H,12-13,15-16H2,1H3;2-11,14,20,27,30,32-33H,12-13,15-16H2,1H3;1-10,13,19,26,30,32-33H,11-12,14-15H2;1-10,13,19,26,29,32-33H,11-12,14-15H2. The maximum Gasteiger partial charge on any atom is 0.416 e. The first-order chi connectivity index (χ1) is 71.1. The molecular weight excluding hydrogens is 2040 g/mol. The number of ether oxygens (including phenoxy) is 9. The Morgan fingerprint density at radius 2 is 0.571 bits per heavy atom. The minimum absolute atomic E-state index is 0.0127. The molecule has 0 saturated heterocycles. The van der Waals surface area contributed by atoms with Crippen LogP contribution in [0.25, 0.3) is 43.6 Å². The van der Waals surface area contributed by atoms with Crippen LogP contribution in [0.2, 0.25) is 20.1 Å². The third-order valence-corrected chi connectivity index (χ3v) is 26.9. The van der Waals surface area contributed by atoms with Gasteiger partial charge >= 0.3 is 24.4 Å². The van der Waals surface area contributed by atoms with E-state index in [4.69, 9.17) is 109 Å². The summed E-state index contributed by atoms with van der Waals surface area (Å²) in [5.74, 6) is 4.39. The Balaban J connectivity index is 0.000000134. The molecule has 0 bridgehead atoms. The molecule has 8 atom stereocenters. The quantitative estimate of drug-likeness (QED) is 0.0177. The number of rotatable bonds is 26. The molecular formula is C110H102BrCl4N9O23. The highest BCUT2D eigenvalue weighted by Crippen LogP contribution is 2.47. The largest absolute Gasteiger partial charge is 0.497 e. The van der Waals surface area contributed by atoms with Crippen LogP contribution in [0.1, 0.15) is 97.0 Å². The Kier molecular flexibility index (Phi) is 33.5. The number of nitrogens with one attached hydrogen (secondary N) is 4. The predicted molar refractivity (Wildman–Crippen MR) is 558 cm³/mol.